The largest absolute Gasteiger partial charge is 0.394 e. The van der Waals surface area contributed by atoms with Gasteiger partial charge in [-0.05, 0) is 64.2 Å². The summed E-state index contributed by atoms with van der Waals surface area (Å²) < 4.78 is 11.2. The van der Waals surface area contributed by atoms with Crippen molar-refractivity contribution in [1.82, 2.24) is 5.32 Å². The van der Waals surface area contributed by atoms with Crippen LogP contribution in [-0.2, 0) is 14.3 Å². The molecule has 0 aromatic heterocycles. The molecule has 0 aliphatic carbocycles. The maximum Gasteiger partial charge on any atom is 0.220 e. The molecule has 9 nitrogen and oxygen atoms in total. The third-order valence-corrected chi connectivity index (χ3v) is 14.6. The second-order valence-corrected chi connectivity index (χ2v) is 21.5. The molecule has 0 radical (unpaired) electrons. The van der Waals surface area contributed by atoms with Crippen molar-refractivity contribution in [1.29, 1.82) is 0 Å². The number of carbonyl (C=O) groups excluding carboxylic acids is 1. The van der Waals surface area contributed by atoms with Gasteiger partial charge in [0.15, 0.2) is 6.29 Å². The Hall–Kier alpha value is -1.85. The van der Waals surface area contributed by atoms with Gasteiger partial charge in [-0.15, -0.1) is 0 Å². The summed E-state index contributed by atoms with van der Waals surface area (Å²) in [6.07, 6.45) is 63.7. The number of carbonyl (C=O) groups is 1. The second-order valence-electron chi connectivity index (χ2n) is 21.5. The van der Waals surface area contributed by atoms with E-state index >= 15 is 0 Å². The minimum Gasteiger partial charge on any atom is -0.394 e. The summed E-state index contributed by atoms with van der Waals surface area (Å²) in [6.45, 7) is 3.72. The molecular formula is C63H117NO8. The van der Waals surface area contributed by atoms with E-state index in [1.54, 1.807) is 6.08 Å². The number of aliphatic hydroxyl groups is 5. The van der Waals surface area contributed by atoms with Gasteiger partial charge < -0.3 is 40.3 Å². The quantitative estimate of drug-likeness (QED) is 0.0261. The highest BCUT2D eigenvalue weighted by Crippen LogP contribution is 2.23. The lowest BCUT2D eigenvalue weighted by atomic mass is 9.99. The minimum atomic E-state index is -1.57. The monoisotopic (exact) mass is 1020 g/mol. The normalized spacial score (nSPS) is 19.5. The van der Waals surface area contributed by atoms with Gasteiger partial charge in [0.25, 0.3) is 0 Å². The van der Waals surface area contributed by atoms with Gasteiger partial charge in [-0.3, -0.25) is 4.79 Å². The van der Waals surface area contributed by atoms with E-state index in [1.807, 2.05) is 6.08 Å². The topological polar surface area (TPSA) is 149 Å². The number of unbranched alkanes of at least 4 members (excludes halogenated alkanes) is 37. The zero-order valence-corrected chi connectivity index (χ0v) is 46.9. The fraction of sp³-hybridized carbons (Fsp3) is 0.857. The molecule has 9 heteroatoms. The van der Waals surface area contributed by atoms with Crippen LogP contribution < -0.4 is 5.32 Å². The van der Waals surface area contributed by atoms with Crippen LogP contribution >= 0.6 is 0 Å². The van der Waals surface area contributed by atoms with Crippen LogP contribution in [0.1, 0.15) is 290 Å². The molecule has 1 heterocycles. The lowest BCUT2D eigenvalue weighted by molar-refractivity contribution is -0.302. The molecule has 0 aromatic rings. The minimum absolute atomic E-state index is 0.188. The fourth-order valence-electron chi connectivity index (χ4n) is 9.70. The van der Waals surface area contributed by atoms with E-state index in [-0.39, 0.29) is 12.5 Å². The zero-order chi connectivity index (χ0) is 52.2. The summed E-state index contributed by atoms with van der Waals surface area (Å²) in [5.41, 5.74) is 0. The number of rotatable bonds is 53. The molecule has 72 heavy (non-hydrogen) atoms. The van der Waals surface area contributed by atoms with E-state index in [4.69, 9.17) is 9.47 Å². The molecule has 0 saturated carbocycles. The molecule has 1 amide bonds. The van der Waals surface area contributed by atoms with E-state index in [0.29, 0.717) is 6.42 Å². The van der Waals surface area contributed by atoms with Crippen LogP contribution in [0.25, 0.3) is 0 Å². The Morgan fingerprint density at radius 1 is 0.458 bits per heavy atom. The lowest BCUT2D eigenvalue weighted by Gasteiger charge is -2.40. The molecule has 1 saturated heterocycles. The number of hydrogen-bond acceptors (Lipinski definition) is 8. The van der Waals surface area contributed by atoms with Crippen molar-refractivity contribution < 1.29 is 39.8 Å². The van der Waals surface area contributed by atoms with Crippen LogP contribution in [0.4, 0.5) is 0 Å². The van der Waals surface area contributed by atoms with E-state index in [9.17, 15) is 30.3 Å². The maximum atomic E-state index is 13.0. The van der Waals surface area contributed by atoms with Crippen LogP contribution in [0.3, 0.4) is 0 Å². The lowest BCUT2D eigenvalue weighted by Crippen LogP contribution is -2.60. The van der Waals surface area contributed by atoms with Gasteiger partial charge >= 0.3 is 0 Å². The van der Waals surface area contributed by atoms with Crippen molar-refractivity contribution in [3.8, 4) is 0 Å². The van der Waals surface area contributed by atoms with Crippen molar-refractivity contribution in [2.75, 3.05) is 13.2 Å². The first-order chi connectivity index (χ1) is 35.3. The fourth-order valence-corrected chi connectivity index (χ4v) is 9.70. The van der Waals surface area contributed by atoms with Crippen LogP contribution in [0.2, 0.25) is 0 Å². The average molecular weight is 1020 g/mol. The van der Waals surface area contributed by atoms with Gasteiger partial charge in [0.1, 0.15) is 24.4 Å². The Balaban J connectivity index is 2.04. The summed E-state index contributed by atoms with van der Waals surface area (Å²) in [7, 11) is 0. The highest BCUT2D eigenvalue weighted by Gasteiger charge is 2.44. The Bertz CT molecular complexity index is 1270. The highest BCUT2D eigenvalue weighted by molar-refractivity contribution is 5.76. The maximum absolute atomic E-state index is 13.0. The second kappa shape index (κ2) is 52.6. The van der Waals surface area contributed by atoms with E-state index in [0.717, 1.165) is 51.4 Å². The molecule has 0 aromatic carbocycles. The summed E-state index contributed by atoms with van der Waals surface area (Å²) in [6, 6.07) is -0.826. The van der Waals surface area contributed by atoms with Crippen molar-refractivity contribution in [2.45, 2.75) is 333 Å². The van der Waals surface area contributed by atoms with Gasteiger partial charge in [0.05, 0.1) is 25.4 Å². The number of amides is 1. The predicted molar refractivity (Wildman–Crippen MR) is 304 cm³/mol. The summed E-state index contributed by atoms with van der Waals surface area (Å²) in [4.78, 5) is 13.0. The van der Waals surface area contributed by atoms with Crippen LogP contribution in [-0.4, -0.2) is 87.5 Å². The molecule has 1 aliphatic heterocycles. The van der Waals surface area contributed by atoms with Crippen molar-refractivity contribution >= 4 is 5.91 Å². The van der Waals surface area contributed by atoms with Gasteiger partial charge in [0.2, 0.25) is 5.91 Å². The Morgan fingerprint density at radius 3 is 1.21 bits per heavy atom. The Kier molecular flexibility index (Phi) is 49.8. The van der Waals surface area contributed by atoms with E-state index < -0.39 is 49.5 Å². The van der Waals surface area contributed by atoms with Crippen LogP contribution in [0.15, 0.2) is 48.6 Å². The molecule has 0 spiro atoms. The Morgan fingerprint density at radius 2 is 0.806 bits per heavy atom. The first kappa shape index (κ1) is 68.2. The van der Waals surface area contributed by atoms with Gasteiger partial charge in [-0.1, -0.05) is 268 Å². The Labute approximate surface area is 444 Å². The van der Waals surface area contributed by atoms with Crippen molar-refractivity contribution in [3.05, 3.63) is 48.6 Å². The molecule has 7 unspecified atom stereocenters. The molecular weight excluding hydrogens is 899 g/mol. The average Bonchev–Trinajstić information content (AvgIpc) is 3.38. The third kappa shape index (κ3) is 41.4. The van der Waals surface area contributed by atoms with Crippen molar-refractivity contribution in [2.24, 2.45) is 0 Å². The number of nitrogens with one attached hydrogen (secondary N) is 1. The van der Waals surface area contributed by atoms with Gasteiger partial charge in [-0.2, -0.15) is 0 Å². The predicted octanol–water partition coefficient (Wildman–Crippen LogP) is 15.7. The summed E-state index contributed by atoms with van der Waals surface area (Å²) in [5.74, 6) is -0.188. The molecule has 1 fully saturated rings. The molecule has 422 valence electrons. The summed E-state index contributed by atoms with van der Waals surface area (Å²) >= 11 is 0. The standard InChI is InChI=1S/C63H117NO8/c1-3-5-7-9-11-13-15-17-18-19-20-21-22-23-24-25-26-27-28-29-30-31-32-33-34-35-36-37-38-39-40-41-43-45-47-49-51-53-59(67)64-56(55-71-63-62(70)61(69)60(68)58(54-65)72-63)57(66)52-50-48-46-44-42-16-14-12-10-8-6-4-2/h10,12,19-20,42,44,50,52,56-58,60-63,65-66,68-70H,3-9,11,13-18,21-41,43,45-49,51,53-55H2,1-2H3,(H,64,67)/b12-10+,20-19-,44-42+,52-50+. The SMILES string of the molecule is CCCC/C=C/CC/C=C/CC/C=C/C(O)C(COC1OC(CO)C(O)C(O)C1O)NC(=O)CCCCCCCCCCCCCCCCCCCCCCCCCCC/C=C\CCCCCCCCCC. The number of ether oxygens (including phenoxy) is 2. The van der Waals surface area contributed by atoms with E-state index in [2.05, 4.69) is 55.6 Å². The third-order valence-electron chi connectivity index (χ3n) is 14.6. The highest BCUT2D eigenvalue weighted by atomic mass is 16.7. The number of allylic oxidation sites excluding steroid dienone is 7. The number of aliphatic hydroxyl groups excluding tert-OH is 5. The van der Waals surface area contributed by atoms with Crippen LogP contribution in [0.5, 0.6) is 0 Å². The van der Waals surface area contributed by atoms with Gasteiger partial charge in [-0.25, -0.2) is 0 Å². The summed E-state index contributed by atoms with van der Waals surface area (Å²) in [5, 5.41) is 54.3. The molecule has 1 rings (SSSR count). The number of hydrogen-bond donors (Lipinski definition) is 6. The molecule has 1 aliphatic rings. The molecule has 0 bridgehead atoms. The molecule has 6 N–H and O–H groups in total. The van der Waals surface area contributed by atoms with Gasteiger partial charge in [0, 0.05) is 6.42 Å². The first-order valence-electron chi connectivity index (χ1n) is 30.9. The van der Waals surface area contributed by atoms with E-state index in [1.165, 1.54) is 218 Å². The zero-order valence-electron chi connectivity index (χ0n) is 46.9. The van der Waals surface area contributed by atoms with Crippen molar-refractivity contribution in [3.63, 3.8) is 0 Å². The van der Waals surface area contributed by atoms with Crippen LogP contribution in [0, 0.1) is 0 Å². The smallest absolute Gasteiger partial charge is 0.220 e. The molecule has 7 atom stereocenters. The first-order valence-corrected chi connectivity index (χ1v) is 30.9.